The maximum atomic E-state index is 14.1. The lowest BCUT2D eigenvalue weighted by Crippen LogP contribution is -2.42. The van der Waals surface area contributed by atoms with E-state index in [2.05, 4.69) is 0 Å². The molecule has 36 heavy (non-hydrogen) atoms. The van der Waals surface area contributed by atoms with E-state index in [4.69, 9.17) is 23.2 Å². The maximum Gasteiger partial charge on any atom is 0.230 e. The number of amides is 1. The number of carbonyl (C=O) groups excluding carboxylic acids is 2. The van der Waals surface area contributed by atoms with E-state index in [1.54, 1.807) is 41.3 Å². The number of anilines is 1. The molecule has 0 N–H and O–H groups in total. The zero-order chi connectivity index (χ0) is 26.0. The number of hydrogen-bond donors (Lipinski definition) is 0. The third-order valence-corrected chi connectivity index (χ3v) is 7.97. The van der Waals surface area contributed by atoms with Crippen LogP contribution in [0.25, 0.3) is 11.1 Å². The Hall–Kier alpha value is -2.74. The second kappa shape index (κ2) is 10.7. The first-order chi connectivity index (χ1) is 17.0. The van der Waals surface area contributed by atoms with Crippen molar-refractivity contribution in [2.45, 2.75) is 30.6 Å². The van der Waals surface area contributed by atoms with Gasteiger partial charge in [-0.2, -0.15) is 0 Å². The summed E-state index contributed by atoms with van der Waals surface area (Å²) < 4.78 is 38.5. The van der Waals surface area contributed by atoms with E-state index in [-0.39, 0.29) is 40.0 Å². The molecule has 0 saturated carbocycles. The first kappa shape index (κ1) is 26.3. The number of sulfone groups is 1. The van der Waals surface area contributed by atoms with Gasteiger partial charge in [0, 0.05) is 53.4 Å². The molecular formula is C27H24Cl2FNO4S. The number of hydrogen-bond acceptors (Lipinski definition) is 4. The molecule has 9 heteroatoms. The predicted octanol–water partition coefficient (Wildman–Crippen LogP) is 6.15. The Morgan fingerprint density at radius 3 is 2.50 bits per heavy atom. The highest BCUT2D eigenvalue weighted by atomic mass is 35.5. The highest BCUT2D eigenvalue weighted by Crippen LogP contribution is 2.36. The summed E-state index contributed by atoms with van der Waals surface area (Å²) in [6.07, 6.45) is 2.33. The van der Waals surface area contributed by atoms with E-state index in [0.717, 1.165) is 6.26 Å². The quantitative estimate of drug-likeness (QED) is 0.355. The molecule has 0 aromatic heterocycles. The number of Topliss-reactive ketones (excluding diaryl/α,β-unsaturated/α-hetero) is 1. The lowest BCUT2D eigenvalue weighted by Gasteiger charge is -2.32. The minimum Gasteiger partial charge on any atom is -0.312 e. The van der Waals surface area contributed by atoms with Gasteiger partial charge in [0.1, 0.15) is 11.6 Å². The monoisotopic (exact) mass is 547 g/mol. The molecular weight excluding hydrogens is 524 g/mol. The molecule has 188 valence electrons. The van der Waals surface area contributed by atoms with Crippen LogP contribution in [0.1, 0.15) is 24.8 Å². The number of nitrogens with zero attached hydrogens (tertiary/aromatic N) is 1. The number of benzene rings is 3. The molecule has 3 aromatic carbocycles. The normalized spacial score (nSPS) is 16.3. The Kier molecular flexibility index (Phi) is 7.83. The zero-order valence-electron chi connectivity index (χ0n) is 19.5. The van der Waals surface area contributed by atoms with Gasteiger partial charge in [0.2, 0.25) is 5.91 Å². The molecule has 0 spiro atoms. The molecule has 0 bridgehead atoms. The van der Waals surface area contributed by atoms with Crippen molar-refractivity contribution in [3.05, 3.63) is 82.1 Å². The van der Waals surface area contributed by atoms with Crippen molar-refractivity contribution in [3.63, 3.8) is 0 Å². The summed E-state index contributed by atoms with van der Waals surface area (Å²) in [5.74, 6) is -1.46. The van der Waals surface area contributed by atoms with Crippen LogP contribution < -0.4 is 4.90 Å². The Labute approximate surface area is 219 Å². The topological polar surface area (TPSA) is 71.5 Å². The average Bonchev–Trinajstić information content (AvgIpc) is 2.82. The molecule has 4 rings (SSSR count). The second-order valence-electron chi connectivity index (χ2n) is 8.92. The van der Waals surface area contributed by atoms with Crippen molar-refractivity contribution >= 4 is 50.4 Å². The zero-order valence-corrected chi connectivity index (χ0v) is 21.8. The highest BCUT2D eigenvalue weighted by Gasteiger charge is 2.31. The Morgan fingerprint density at radius 1 is 1.06 bits per heavy atom. The fourth-order valence-corrected chi connectivity index (χ4v) is 5.86. The van der Waals surface area contributed by atoms with Gasteiger partial charge in [-0.25, -0.2) is 12.8 Å². The Morgan fingerprint density at radius 2 is 1.81 bits per heavy atom. The first-order valence-corrected chi connectivity index (χ1v) is 14.1. The van der Waals surface area contributed by atoms with Gasteiger partial charge in [0.25, 0.3) is 0 Å². The van der Waals surface area contributed by atoms with Crippen molar-refractivity contribution in [1.29, 1.82) is 0 Å². The fourth-order valence-electron chi connectivity index (χ4n) is 4.52. The predicted molar refractivity (Wildman–Crippen MR) is 140 cm³/mol. The highest BCUT2D eigenvalue weighted by molar-refractivity contribution is 7.90. The Balaban J connectivity index is 1.52. The van der Waals surface area contributed by atoms with Crippen LogP contribution >= 0.6 is 23.2 Å². The van der Waals surface area contributed by atoms with Crippen LogP contribution in [0, 0.1) is 11.7 Å². The minimum absolute atomic E-state index is 0.0188. The smallest absolute Gasteiger partial charge is 0.230 e. The Bertz CT molecular complexity index is 1440. The third kappa shape index (κ3) is 5.80. The molecule has 0 radical (unpaired) electrons. The molecule has 1 heterocycles. The summed E-state index contributed by atoms with van der Waals surface area (Å²) in [5.41, 5.74) is 1.86. The number of halogens is 3. The number of rotatable bonds is 7. The van der Waals surface area contributed by atoms with E-state index < -0.39 is 21.6 Å². The first-order valence-electron chi connectivity index (χ1n) is 11.4. The second-order valence-corrected chi connectivity index (χ2v) is 11.7. The van der Waals surface area contributed by atoms with Crippen LogP contribution in [-0.4, -0.2) is 32.9 Å². The van der Waals surface area contributed by atoms with Crippen molar-refractivity contribution in [3.8, 4) is 11.1 Å². The van der Waals surface area contributed by atoms with Crippen LogP contribution in [0.2, 0.25) is 10.0 Å². The maximum absolute atomic E-state index is 14.1. The SMILES string of the molecule is CS(=O)(=O)c1ccccc1-c1ccc(N2CCC[C@@H](CC(=O)Cc3ccc(Cl)cc3F)C2=O)cc1Cl. The van der Waals surface area contributed by atoms with Gasteiger partial charge in [-0.1, -0.05) is 53.5 Å². The van der Waals surface area contributed by atoms with Gasteiger partial charge < -0.3 is 4.90 Å². The average molecular weight is 548 g/mol. The lowest BCUT2D eigenvalue weighted by atomic mass is 9.90. The summed E-state index contributed by atoms with van der Waals surface area (Å²) in [6, 6.07) is 15.9. The van der Waals surface area contributed by atoms with E-state index in [1.807, 2.05) is 0 Å². The van der Waals surface area contributed by atoms with Gasteiger partial charge in [0.15, 0.2) is 9.84 Å². The van der Waals surface area contributed by atoms with Crippen molar-refractivity contribution < 1.29 is 22.4 Å². The molecule has 1 amide bonds. The molecule has 0 aliphatic carbocycles. The van der Waals surface area contributed by atoms with Gasteiger partial charge >= 0.3 is 0 Å². The molecule has 1 aliphatic heterocycles. The lowest BCUT2D eigenvalue weighted by molar-refractivity contribution is -0.128. The van der Waals surface area contributed by atoms with Crippen LogP contribution in [0.5, 0.6) is 0 Å². The molecule has 1 aliphatic rings. The summed E-state index contributed by atoms with van der Waals surface area (Å²) in [7, 11) is -3.47. The number of ketones is 1. The molecule has 5 nitrogen and oxygen atoms in total. The van der Waals surface area contributed by atoms with Gasteiger partial charge in [-0.3, -0.25) is 9.59 Å². The minimum atomic E-state index is -3.47. The van der Waals surface area contributed by atoms with E-state index >= 15 is 0 Å². The molecule has 1 fully saturated rings. The van der Waals surface area contributed by atoms with E-state index in [0.29, 0.717) is 41.2 Å². The number of carbonyl (C=O) groups is 2. The van der Waals surface area contributed by atoms with Gasteiger partial charge in [-0.05, 0) is 48.7 Å². The molecule has 0 unspecified atom stereocenters. The van der Waals surface area contributed by atoms with Gasteiger partial charge in [0.05, 0.1) is 9.92 Å². The van der Waals surface area contributed by atoms with Crippen LogP contribution in [0.3, 0.4) is 0 Å². The van der Waals surface area contributed by atoms with Crippen LogP contribution in [0.15, 0.2) is 65.6 Å². The van der Waals surface area contributed by atoms with E-state index in [9.17, 15) is 22.4 Å². The summed E-state index contributed by atoms with van der Waals surface area (Å²) in [6.45, 7) is 0.477. The van der Waals surface area contributed by atoms with Crippen molar-refractivity contribution in [1.82, 2.24) is 0 Å². The van der Waals surface area contributed by atoms with Crippen LogP contribution in [0.4, 0.5) is 10.1 Å². The fraction of sp³-hybridized carbons (Fsp3) is 0.259. The summed E-state index contributed by atoms with van der Waals surface area (Å²) in [5, 5.41) is 0.569. The van der Waals surface area contributed by atoms with Crippen molar-refractivity contribution in [2.24, 2.45) is 5.92 Å². The number of piperidine rings is 1. The van der Waals surface area contributed by atoms with Gasteiger partial charge in [-0.15, -0.1) is 0 Å². The van der Waals surface area contributed by atoms with E-state index in [1.165, 1.54) is 24.3 Å². The third-order valence-electron chi connectivity index (χ3n) is 6.27. The summed E-state index contributed by atoms with van der Waals surface area (Å²) >= 11 is 12.3. The standard InChI is InChI=1S/C27H24Cl2FNO4S/c1-36(34,35)26-7-3-2-6-23(26)22-11-10-20(16-24(22)29)31-12-4-5-18(27(31)33)14-21(32)13-17-8-9-19(28)15-25(17)30/h2-3,6-11,15-16,18H,4-5,12-14H2,1H3/t18-/m0/s1. The summed E-state index contributed by atoms with van der Waals surface area (Å²) in [4.78, 5) is 27.6. The van der Waals surface area contributed by atoms with Crippen molar-refractivity contribution in [2.75, 3.05) is 17.7 Å². The molecule has 3 aromatic rings. The largest absolute Gasteiger partial charge is 0.312 e. The van der Waals surface area contributed by atoms with Crippen LogP contribution in [-0.2, 0) is 25.8 Å². The molecule has 1 atom stereocenters. The molecule has 1 saturated heterocycles.